The predicted octanol–water partition coefficient (Wildman–Crippen LogP) is 1.88. The number of benzene rings is 1. The molecule has 3 N–H and O–H groups in total. The highest BCUT2D eigenvalue weighted by molar-refractivity contribution is 5.98. The first-order chi connectivity index (χ1) is 10.2. The van der Waals surface area contributed by atoms with Gasteiger partial charge in [-0.25, -0.2) is 4.39 Å². The molecule has 1 rings (SSSR count). The van der Waals surface area contributed by atoms with Crippen molar-refractivity contribution in [3.05, 3.63) is 24.0 Å². The first-order valence-electron chi connectivity index (χ1n) is 6.85. The maximum Gasteiger partial charge on any atom is 0.247 e. The zero-order chi connectivity index (χ0) is 16.9. The van der Waals surface area contributed by atoms with Crippen molar-refractivity contribution in [3.8, 4) is 0 Å². The third-order valence-corrected chi connectivity index (χ3v) is 2.85. The summed E-state index contributed by atoms with van der Waals surface area (Å²) in [6.45, 7) is 6.19. The van der Waals surface area contributed by atoms with Crippen LogP contribution in [-0.2, 0) is 14.4 Å². The lowest BCUT2D eigenvalue weighted by atomic mass is 10.0. The van der Waals surface area contributed by atoms with E-state index in [0.717, 1.165) is 6.07 Å². The Bertz CT molecular complexity index is 587. The van der Waals surface area contributed by atoms with E-state index in [9.17, 15) is 18.8 Å². The Kier molecular flexibility index (Phi) is 6.03. The zero-order valence-electron chi connectivity index (χ0n) is 13.0. The molecule has 7 heteroatoms. The fraction of sp³-hybridized carbons (Fsp3) is 0.400. The van der Waals surface area contributed by atoms with Crippen molar-refractivity contribution in [2.75, 3.05) is 10.6 Å². The maximum absolute atomic E-state index is 13.5. The molecule has 3 amide bonds. The highest BCUT2D eigenvalue weighted by atomic mass is 19.1. The van der Waals surface area contributed by atoms with Gasteiger partial charge in [-0.2, -0.15) is 0 Å². The molecule has 0 aliphatic rings. The fourth-order valence-electron chi connectivity index (χ4n) is 1.86. The molecule has 0 aromatic heterocycles. The normalized spacial score (nSPS) is 11.7. The highest BCUT2D eigenvalue weighted by Gasteiger charge is 2.23. The van der Waals surface area contributed by atoms with Gasteiger partial charge >= 0.3 is 0 Å². The van der Waals surface area contributed by atoms with Crippen LogP contribution in [0.25, 0.3) is 0 Å². The molecule has 0 aliphatic carbocycles. The summed E-state index contributed by atoms with van der Waals surface area (Å²) in [5.41, 5.74) is 0.303. The van der Waals surface area contributed by atoms with Gasteiger partial charge in [0.15, 0.2) is 0 Å². The monoisotopic (exact) mass is 309 g/mol. The second-order valence-corrected chi connectivity index (χ2v) is 5.29. The number of halogens is 1. The quantitative estimate of drug-likeness (QED) is 0.776. The third-order valence-electron chi connectivity index (χ3n) is 2.85. The standard InChI is InChI=1S/C15H20FN3O3/c1-8(2)14(18-10(4)21)15(22)19-11-5-6-12(16)13(7-11)17-9(3)20/h5-8,14H,1-4H3,(H,17,20)(H,18,21)(H,19,22). The molecule has 0 saturated carbocycles. The van der Waals surface area contributed by atoms with Gasteiger partial charge in [-0.05, 0) is 24.1 Å². The molecule has 120 valence electrons. The van der Waals surface area contributed by atoms with Gasteiger partial charge in [-0.3, -0.25) is 14.4 Å². The van der Waals surface area contributed by atoms with Crippen LogP contribution in [0.2, 0.25) is 0 Å². The maximum atomic E-state index is 13.5. The smallest absolute Gasteiger partial charge is 0.247 e. The van der Waals surface area contributed by atoms with Gasteiger partial charge in [-0.15, -0.1) is 0 Å². The molecule has 0 bridgehead atoms. The van der Waals surface area contributed by atoms with Crippen molar-refractivity contribution in [2.45, 2.75) is 33.7 Å². The Balaban J connectivity index is 2.90. The van der Waals surface area contributed by atoms with Crippen LogP contribution in [0, 0.1) is 11.7 Å². The molecule has 1 aromatic carbocycles. The second kappa shape index (κ2) is 7.53. The SMILES string of the molecule is CC(=O)Nc1cc(NC(=O)C(NC(C)=O)C(C)C)ccc1F. The van der Waals surface area contributed by atoms with Crippen LogP contribution in [0.3, 0.4) is 0 Å². The van der Waals surface area contributed by atoms with E-state index in [1.807, 2.05) is 0 Å². The molecule has 0 radical (unpaired) electrons. The minimum atomic E-state index is -0.702. The van der Waals surface area contributed by atoms with Crippen LogP contribution in [0.5, 0.6) is 0 Å². The average molecular weight is 309 g/mol. The van der Waals surface area contributed by atoms with Crippen molar-refractivity contribution in [1.82, 2.24) is 5.32 Å². The number of amides is 3. The van der Waals surface area contributed by atoms with Crippen LogP contribution in [-0.4, -0.2) is 23.8 Å². The number of carbonyl (C=O) groups excluding carboxylic acids is 3. The van der Waals surface area contributed by atoms with E-state index in [4.69, 9.17) is 0 Å². The lowest BCUT2D eigenvalue weighted by Crippen LogP contribution is -2.46. The van der Waals surface area contributed by atoms with Crippen molar-refractivity contribution in [2.24, 2.45) is 5.92 Å². The summed E-state index contributed by atoms with van der Waals surface area (Å²) >= 11 is 0. The molecule has 1 unspecified atom stereocenters. The van der Waals surface area contributed by atoms with E-state index in [-0.39, 0.29) is 17.5 Å². The molecule has 0 heterocycles. The highest BCUT2D eigenvalue weighted by Crippen LogP contribution is 2.20. The van der Waals surface area contributed by atoms with E-state index in [1.54, 1.807) is 13.8 Å². The van der Waals surface area contributed by atoms with E-state index < -0.39 is 23.7 Å². The molecule has 22 heavy (non-hydrogen) atoms. The number of anilines is 2. The minimum Gasteiger partial charge on any atom is -0.344 e. The van der Waals surface area contributed by atoms with E-state index in [1.165, 1.54) is 26.0 Å². The molecule has 6 nitrogen and oxygen atoms in total. The molecule has 0 spiro atoms. The number of rotatable bonds is 5. The van der Waals surface area contributed by atoms with Gasteiger partial charge < -0.3 is 16.0 Å². The summed E-state index contributed by atoms with van der Waals surface area (Å²) in [6.07, 6.45) is 0. The number of hydrogen-bond acceptors (Lipinski definition) is 3. The van der Waals surface area contributed by atoms with Gasteiger partial charge in [0.05, 0.1) is 5.69 Å². The third kappa shape index (κ3) is 5.16. The lowest BCUT2D eigenvalue weighted by molar-refractivity contribution is -0.126. The average Bonchev–Trinajstić information content (AvgIpc) is 2.38. The summed E-state index contributed by atoms with van der Waals surface area (Å²) < 4.78 is 13.5. The first-order valence-corrected chi connectivity index (χ1v) is 6.85. The summed E-state index contributed by atoms with van der Waals surface area (Å²) in [4.78, 5) is 34.4. The Morgan fingerprint density at radius 2 is 1.68 bits per heavy atom. The molecule has 0 fully saturated rings. The molecule has 1 atom stereocenters. The van der Waals surface area contributed by atoms with E-state index >= 15 is 0 Å². The molecule has 0 aliphatic heterocycles. The minimum absolute atomic E-state index is 0.0223. The Morgan fingerprint density at radius 3 is 2.18 bits per heavy atom. The van der Waals surface area contributed by atoms with Crippen molar-refractivity contribution >= 4 is 29.1 Å². The van der Waals surface area contributed by atoms with Gasteiger partial charge in [0.1, 0.15) is 11.9 Å². The number of nitrogens with one attached hydrogen (secondary N) is 3. The number of hydrogen-bond donors (Lipinski definition) is 3. The Morgan fingerprint density at radius 1 is 1.05 bits per heavy atom. The van der Waals surface area contributed by atoms with E-state index in [0.29, 0.717) is 5.69 Å². The second-order valence-electron chi connectivity index (χ2n) is 5.29. The van der Waals surface area contributed by atoms with Gasteiger partial charge in [0.25, 0.3) is 0 Å². The van der Waals surface area contributed by atoms with Crippen molar-refractivity contribution in [3.63, 3.8) is 0 Å². The topological polar surface area (TPSA) is 87.3 Å². The molecular formula is C15H20FN3O3. The lowest BCUT2D eigenvalue weighted by Gasteiger charge is -2.21. The zero-order valence-corrected chi connectivity index (χ0v) is 13.0. The van der Waals surface area contributed by atoms with Gasteiger partial charge in [0, 0.05) is 19.5 Å². The molecular weight excluding hydrogens is 289 g/mol. The van der Waals surface area contributed by atoms with Crippen LogP contribution in [0.1, 0.15) is 27.7 Å². The fourth-order valence-corrected chi connectivity index (χ4v) is 1.86. The van der Waals surface area contributed by atoms with Crippen molar-refractivity contribution in [1.29, 1.82) is 0 Å². The summed E-state index contributed by atoms with van der Waals surface area (Å²) in [5.74, 6) is -1.85. The Hall–Kier alpha value is -2.44. The largest absolute Gasteiger partial charge is 0.344 e. The van der Waals surface area contributed by atoms with Crippen LogP contribution in [0.4, 0.5) is 15.8 Å². The van der Waals surface area contributed by atoms with Crippen LogP contribution < -0.4 is 16.0 Å². The molecule has 1 aromatic rings. The Labute approximate surface area is 128 Å². The summed E-state index contributed by atoms with van der Waals surface area (Å²) in [7, 11) is 0. The molecule has 0 saturated heterocycles. The van der Waals surface area contributed by atoms with Crippen molar-refractivity contribution < 1.29 is 18.8 Å². The van der Waals surface area contributed by atoms with Gasteiger partial charge in [0.2, 0.25) is 17.7 Å². The van der Waals surface area contributed by atoms with Crippen LogP contribution >= 0.6 is 0 Å². The summed E-state index contributed by atoms with van der Waals surface area (Å²) in [6, 6.07) is 3.14. The number of carbonyl (C=O) groups is 3. The first kappa shape index (κ1) is 17.6. The predicted molar refractivity (Wildman–Crippen MR) is 81.8 cm³/mol. The van der Waals surface area contributed by atoms with E-state index in [2.05, 4.69) is 16.0 Å². The van der Waals surface area contributed by atoms with Gasteiger partial charge in [-0.1, -0.05) is 13.8 Å². The summed E-state index contributed by atoms with van der Waals surface area (Å²) in [5, 5.41) is 7.50. The van der Waals surface area contributed by atoms with Crippen LogP contribution in [0.15, 0.2) is 18.2 Å².